The fourth-order valence-corrected chi connectivity index (χ4v) is 5.97. The Bertz CT molecular complexity index is 1010. The summed E-state index contributed by atoms with van der Waals surface area (Å²) >= 11 is 6.00. The number of nitrogens with zero attached hydrogens (tertiary/aromatic N) is 2. The van der Waals surface area contributed by atoms with Gasteiger partial charge in [-0.15, -0.1) is 10.2 Å². The lowest BCUT2D eigenvalue weighted by atomic mass is 9.39. The summed E-state index contributed by atoms with van der Waals surface area (Å²) in [6, 6.07) is 5.08. The predicted molar refractivity (Wildman–Crippen MR) is 107 cm³/mol. The number of carbonyl (C=O) groups excluding carboxylic acids is 1. The van der Waals surface area contributed by atoms with E-state index in [-0.39, 0.29) is 23.3 Å². The number of halogens is 1. The van der Waals surface area contributed by atoms with Gasteiger partial charge in [0.1, 0.15) is 5.75 Å². The number of hydrogen-bond acceptors (Lipinski definition) is 6. The first kappa shape index (κ1) is 18.6. The molecule has 2 heterocycles. The number of carbonyl (C=O) groups is 1. The maximum Gasteiger partial charge on any atom is 0.261 e. The molecule has 7 rings (SSSR count). The van der Waals surface area contributed by atoms with Crippen LogP contribution in [-0.2, 0) is 10.2 Å². The summed E-state index contributed by atoms with van der Waals surface area (Å²) in [6.45, 7) is 2.24. The van der Waals surface area contributed by atoms with Gasteiger partial charge in [-0.2, -0.15) is 0 Å². The molecule has 8 heteroatoms. The molecule has 4 aliphatic carbocycles. The van der Waals surface area contributed by atoms with Crippen molar-refractivity contribution in [2.45, 2.75) is 74.5 Å². The summed E-state index contributed by atoms with van der Waals surface area (Å²) in [7, 11) is 0. The van der Waals surface area contributed by atoms with Gasteiger partial charge in [-0.3, -0.25) is 4.79 Å². The molecule has 0 saturated heterocycles. The molecule has 0 unspecified atom stereocenters. The van der Waals surface area contributed by atoms with E-state index in [2.05, 4.69) is 22.4 Å². The number of aliphatic hydroxyl groups is 1. The Hall–Kier alpha value is -2.12. The van der Waals surface area contributed by atoms with Crippen LogP contribution in [0.5, 0.6) is 5.75 Å². The summed E-state index contributed by atoms with van der Waals surface area (Å²) in [6.07, 6.45) is 3.42. The van der Waals surface area contributed by atoms with Gasteiger partial charge in [0.25, 0.3) is 5.91 Å². The first-order chi connectivity index (χ1) is 14.3. The van der Waals surface area contributed by atoms with E-state index < -0.39 is 12.2 Å². The number of aromatic nitrogens is 2. The summed E-state index contributed by atoms with van der Waals surface area (Å²) in [5.74, 6) is 2.98. The molecular formula is C22H24ClN3O4. The van der Waals surface area contributed by atoms with E-state index in [0.717, 1.165) is 49.8 Å². The van der Waals surface area contributed by atoms with Crippen molar-refractivity contribution >= 4 is 17.5 Å². The van der Waals surface area contributed by atoms with Crippen LogP contribution in [0.25, 0.3) is 0 Å². The molecule has 1 aliphatic heterocycles. The van der Waals surface area contributed by atoms with Crippen LogP contribution in [0.15, 0.2) is 22.6 Å². The Morgan fingerprint density at radius 3 is 2.73 bits per heavy atom. The molecule has 158 valence electrons. The van der Waals surface area contributed by atoms with Crippen LogP contribution in [0.3, 0.4) is 0 Å². The van der Waals surface area contributed by atoms with Crippen molar-refractivity contribution in [1.29, 1.82) is 0 Å². The molecule has 1 aromatic carbocycles. The Morgan fingerprint density at radius 2 is 2.00 bits per heavy atom. The van der Waals surface area contributed by atoms with Crippen molar-refractivity contribution in [2.75, 3.05) is 0 Å². The average Bonchev–Trinajstić information content (AvgIpc) is 3.10. The maximum absolute atomic E-state index is 12.8. The molecule has 30 heavy (non-hydrogen) atoms. The van der Waals surface area contributed by atoms with Gasteiger partial charge in [0.05, 0.1) is 11.5 Å². The molecule has 1 aromatic heterocycles. The molecule has 5 aliphatic rings. The number of amides is 1. The van der Waals surface area contributed by atoms with E-state index in [1.54, 1.807) is 18.2 Å². The van der Waals surface area contributed by atoms with E-state index in [1.807, 2.05) is 0 Å². The monoisotopic (exact) mass is 429 g/mol. The first-order valence-electron chi connectivity index (χ1n) is 10.6. The maximum atomic E-state index is 12.8. The molecule has 0 spiro atoms. The third kappa shape index (κ3) is 2.71. The number of rotatable bonds is 4. The van der Waals surface area contributed by atoms with Crippen molar-refractivity contribution < 1.29 is 19.1 Å². The molecule has 4 fully saturated rings. The average molecular weight is 430 g/mol. The predicted octanol–water partition coefficient (Wildman–Crippen LogP) is 3.41. The summed E-state index contributed by atoms with van der Waals surface area (Å²) in [5.41, 5.74) is 0.333. The topological polar surface area (TPSA) is 97.5 Å². The normalized spacial score (nSPS) is 38.4. The largest absolute Gasteiger partial charge is 0.480 e. The SMILES string of the molecule is CC1CC(c2nnc(C34CC(NC(=O)[C@@H]5C[C@H](O)c6cc(Cl)ccc6O5)(C3)C4)o2)C1. The first-order valence-corrected chi connectivity index (χ1v) is 11.0. The third-order valence-corrected chi connectivity index (χ3v) is 7.60. The van der Waals surface area contributed by atoms with Crippen LogP contribution in [0.1, 0.15) is 74.8 Å². The highest BCUT2D eigenvalue weighted by Crippen LogP contribution is 2.67. The quantitative estimate of drug-likeness (QED) is 0.772. The summed E-state index contributed by atoms with van der Waals surface area (Å²) < 4.78 is 11.9. The number of aliphatic hydroxyl groups excluding tert-OH is 1. The van der Waals surface area contributed by atoms with Gasteiger partial charge in [-0.25, -0.2) is 0 Å². The zero-order valence-corrected chi connectivity index (χ0v) is 17.5. The van der Waals surface area contributed by atoms with Crippen LogP contribution in [0.2, 0.25) is 5.02 Å². The fraction of sp³-hybridized carbons (Fsp3) is 0.591. The molecule has 2 atom stereocenters. The van der Waals surface area contributed by atoms with Gasteiger partial charge < -0.3 is 19.6 Å². The van der Waals surface area contributed by atoms with E-state index in [4.69, 9.17) is 20.8 Å². The summed E-state index contributed by atoms with van der Waals surface area (Å²) in [5, 5.41) is 22.7. The van der Waals surface area contributed by atoms with Gasteiger partial charge in [-0.05, 0) is 56.2 Å². The lowest BCUT2D eigenvalue weighted by Crippen LogP contribution is -2.77. The number of nitrogens with one attached hydrogen (secondary N) is 1. The Labute approximate surface area is 179 Å². The minimum Gasteiger partial charge on any atom is -0.480 e. The highest BCUT2D eigenvalue weighted by Gasteiger charge is 2.72. The van der Waals surface area contributed by atoms with Crippen LogP contribution in [0, 0.1) is 5.92 Å². The number of ether oxygens (including phenoxy) is 1. The lowest BCUT2D eigenvalue weighted by molar-refractivity contribution is -0.149. The second kappa shape index (κ2) is 6.20. The molecular weight excluding hydrogens is 406 g/mol. The minimum atomic E-state index is -0.770. The summed E-state index contributed by atoms with van der Waals surface area (Å²) in [4.78, 5) is 12.8. The van der Waals surface area contributed by atoms with Gasteiger partial charge in [0.2, 0.25) is 11.8 Å². The van der Waals surface area contributed by atoms with Crippen LogP contribution >= 0.6 is 11.6 Å². The molecule has 2 bridgehead atoms. The van der Waals surface area contributed by atoms with Gasteiger partial charge in [0.15, 0.2) is 6.10 Å². The molecule has 7 nitrogen and oxygen atoms in total. The molecule has 4 saturated carbocycles. The van der Waals surface area contributed by atoms with Gasteiger partial charge in [-0.1, -0.05) is 18.5 Å². The van der Waals surface area contributed by atoms with E-state index in [1.165, 1.54) is 0 Å². The van der Waals surface area contributed by atoms with Crippen molar-refractivity contribution in [3.05, 3.63) is 40.6 Å². The fourth-order valence-electron chi connectivity index (χ4n) is 5.79. The molecule has 1 amide bonds. The molecule has 2 aromatic rings. The zero-order chi connectivity index (χ0) is 20.7. The van der Waals surface area contributed by atoms with E-state index in [0.29, 0.717) is 22.3 Å². The smallest absolute Gasteiger partial charge is 0.261 e. The van der Waals surface area contributed by atoms with Gasteiger partial charge in [0, 0.05) is 28.5 Å². The van der Waals surface area contributed by atoms with Crippen LogP contribution < -0.4 is 10.1 Å². The third-order valence-electron chi connectivity index (χ3n) is 7.37. The second-order valence-electron chi connectivity index (χ2n) is 9.84. The molecule has 0 radical (unpaired) electrons. The highest BCUT2D eigenvalue weighted by atomic mass is 35.5. The van der Waals surface area contributed by atoms with Crippen molar-refractivity contribution in [1.82, 2.24) is 15.5 Å². The van der Waals surface area contributed by atoms with Crippen LogP contribution in [0.4, 0.5) is 0 Å². The number of fused-ring (bicyclic) bond motifs is 1. The van der Waals surface area contributed by atoms with Crippen LogP contribution in [-0.4, -0.2) is 32.9 Å². The van der Waals surface area contributed by atoms with E-state index in [9.17, 15) is 9.90 Å². The van der Waals surface area contributed by atoms with Crippen molar-refractivity contribution in [3.8, 4) is 5.75 Å². The second-order valence-corrected chi connectivity index (χ2v) is 10.3. The zero-order valence-electron chi connectivity index (χ0n) is 16.7. The Kier molecular flexibility index (Phi) is 3.85. The lowest BCUT2D eigenvalue weighted by Gasteiger charge is -2.68. The number of benzene rings is 1. The van der Waals surface area contributed by atoms with Crippen molar-refractivity contribution in [3.63, 3.8) is 0 Å². The van der Waals surface area contributed by atoms with Crippen molar-refractivity contribution in [2.24, 2.45) is 5.92 Å². The standard InChI is InChI=1S/C22H24ClN3O4/c1-11-4-12(5-11)19-25-26-20(30-19)21-8-22(9-21,10-21)24-18(28)17-7-15(27)14-6-13(23)2-3-16(14)29-17/h2-3,6,11-12,15,17,27H,4-5,7-10H2,1H3,(H,24,28)/t11?,12?,15-,17-,21?,22?/m0/s1. The molecule has 2 N–H and O–H groups in total. The van der Waals surface area contributed by atoms with Gasteiger partial charge >= 0.3 is 0 Å². The Balaban J connectivity index is 1.08. The Morgan fingerprint density at radius 1 is 1.23 bits per heavy atom. The number of hydrogen-bond donors (Lipinski definition) is 2. The minimum absolute atomic E-state index is 0.0792. The van der Waals surface area contributed by atoms with E-state index >= 15 is 0 Å². The highest BCUT2D eigenvalue weighted by molar-refractivity contribution is 6.30.